The molecular weight excluding hydrogens is 268 g/mol. The summed E-state index contributed by atoms with van der Waals surface area (Å²) in [4.78, 5) is 11.4. The van der Waals surface area contributed by atoms with Crippen LogP contribution in [0.15, 0.2) is 54.6 Å². The van der Waals surface area contributed by atoms with E-state index in [1.807, 2.05) is 36.0 Å². The fourth-order valence-electron chi connectivity index (χ4n) is 1.95. The number of rotatable bonds is 6. The van der Waals surface area contributed by atoms with Crippen molar-refractivity contribution in [1.82, 2.24) is 0 Å². The molecule has 0 saturated heterocycles. The van der Waals surface area contributed by atoms with Gasteiger partial charge in [-0.15, -0.1) is 0 Å². The average Bonchev–Trinajstić information content (AvgIpc) is 2.50. The van der Waals surface area contributed by atoms with E-state index in [-0.39, 0.29) is 5.97 Å². The van der Waals surface area contributed by atoms with Gasteiger partial charge in [0.1, 0.15) is 0 Å². The first kappa shape index (κ1) is 14.7. The molecule has 0 spiro atoms. The summed E-state index contributed by atoms with van der Waals surface area (Å²) in [6, 6.07) is 18.5. The van der Waals surface area contributed by atoms with Crippen molar-refractivity contribution >= 4 is 17.7 Å². The molecule has 0 aliphatic carbocycles. The van der Waals surface area contributed by atoms with Crippen molar-refractivity contribution in [3.8, 4) is 0 Å². The van der Waals surface area contributed by atoms with Crippen LogP contribution in [0.4, 0.5) is 0 Å². The highest BCUT2D eigenvalue weighted by atomic mass is 32.2. The van der Waals surface area contributed by atoms with Gasteiger partial charge in [0, 0.05) is 11.5 Å². The van der Waals surface area contributed by atoms with E-state index in [9.17, 15) is 4.79 Å². The first-order valence-corrected chi connectivity index (χ1v) is 7.70. The van der Waals surface area contributed by atoms with Crippen molar-refractivity contribution in [3.63, 3.8) is 0 Å². The zero-order valence-electron chi connectivity index (χ0n) is 11.5. The van der Waals surface area contributed by atoms with Gasteiger partial charge in [-0.2, -0.15) is 11.8 Å². The minimum absolute atomic E-state index is 0.189. The number of carbonyl (C=O) groups is 1. The largest absolute Gasteiger partial charge is 0.469 e. The molecule has 2 aromatic carbocycles. The minimum atomic E-state index is -0.189. The smallest absolute Gasteiger partial charge is 0.309 e. The highest BCUT2D eigenvalue weighted by Crippen LogP contribution is 2.20. The summed E-state index contributed by atoms with van der Waals surface area (Å²) in [6.45, 7) is 0. The lowest BCUT2D eigenvalue weighted by Gasteiger charge is -2.08. The van der Waals surface area contributed by atoms with E-state index in [4.69, 9.17) is 4.74 Å². The van der Waals surface area contributed by atoms with E-state index in [0.29, 0.717) is 6.42 Å². The minimum Gasteiger partial charge on any atom is -0.469 e. The zero-order chi connectivity index (χ0) is 14.2. The van der Waals surface area contributed by atoms with Gasteiger partial charge in [-0.25, -0.2) is 0 Å². The predicted octanol–water partition coefficient (Wildman–Crippen LogP) is 3.84. The van der Waals surface area contributed by atoms with E-state index in [2.05, 4.69) is 30.3 Å². The van der Waals surface area contributed by atoms with E-state index in [0.717, 1.165) is 17.1 Å². The molecule has 0 radical (unpaired) electrons. The van der Waals surface area contributed by atoms with Crippen LogP contribution in [0.2, 0.25) is 0 Å². The highest BCUT2D eigenvalue weighted by molar-refractivity contribution is 7.97. The summed E-state index contributed by atoms with van der Waals surface area (Å²) in [5.74, 6) is 1.70. The number of hydrogen-bond acceptors (Lipinski definition) is 3. The van der Waals surface area contributed by atoms with Crippen LogP contribution >= 0.6 is 11.8 Å². The number of methoxy groups -OCH3 is 1. The van der Waals surface area contributed by atoms with Crippen LogP contribution in [0, 0.1) is 0 Å². The van der Waals surface area contributed by atoms with Gasteiger partial charge in [0.25, 0.3) is 0 Å². The van der Waals surface area contributed by atoms with Crippen LogP contribution in [-0.4, -0.2) is 13.1 Å². The molecule has 0 amide bonds. The number of thioether (sulfide) groups is 1. The van der Waals surface area contributed by atoms with Crippen LogP contribution in [0.3, 0.4) is 0 Å². The number of carbonyl (C=O) groups excluding carboxylic acids is 1. The van der Waals surface area contributed by atoms with Gasteiger partial charge in [-0.3, -0.25) is 4.79 Å². The second kappa shape index (κ2) is 7.75. The summed E-state index contributed by atoms with van der Waals surface area (Å²) >= 11 is 1.86. The van der Waals surface area contributed by atoms with Crippen LogP contribution in [-0.2, 0) is 27.5 Å². The second-order valence-electron chi connectivity index (χ2n) is 4.50. The lowest BCUT2D eigenvalue weighted by atomic mass is 10.1. The molecule has 0 saturated carbocycles. The van der Waals surface area contributed by atoms with Crippen LogP contribution in [0.25, 0.3) is 0 Å². The molecule has 2 rings (SSSR count). The molecule has 0 atom stereocenters. The van der Waals surface area contributed by atoms with Gasteiger partial charge < -0.3 is 4.74 Å². The van der Waals surface area contributed by atoms with Crippen molar-refractivity contribution in [1.29, 1.82) is 0 Å². The molecule has 0 unspecified atom stereocenters. The molecule has 2 aromatic rings. The second-order valence-corrected chi connectivity index (χ2v) is 5.49. The molecule has 3 heteroatoms. The van der Waals surface area contributed by atoms with Crippen LogP contribution in [0.5, 0.6) is 0 Å². The van der Waals surface area contributed by atoms with Gasteiger partial charge >= 0.3 is 5.97 Å². The molecule has 0 aliphatic heterocycles. The van der Waals surface area contributed by atoms with Gasteiger partial charge in [0.05, 0.1) is 13.5 Å². The van der Waals surface area contributed by atoms with Crippen molar-refractivity contribution in [2.75, 3.05) is 7.11 Å². The monoisotopic (exact) mass is 286 g/mol. The Morgan fingerprint density at radius 1 is 0.950 bits per heavy atom. The van der Waals surface area contributed by atoms with Crippen LogP contribution in [0.1, 0.15) is 16.7 Å². The Bertz CT molecular complexity index is 552. The summed E-state index contributed by atoms with van der Waals surface area (Å²) in [6.07, 6.45) is 0.346. The fraction of sp³-hybridized carbons (Fsp3) is 0.235. The van der Waals surface area contributed by atoms with E-state index < -0.39 is 0 Å². The molecule has 0 N–H and O–H groups in total. The maximum atomic E-state index is 11.4. The molecule has 20 heavy (non-hydrogen) atoms. The molecule has 0 bridgehead atoms. The van der Waals surface area contributed by atoms with Gasteiger partial charge in [-0.1, -0.05) is 54.6 Å². The summed E-state index contributed by atoms with van der Waals surface area (Å²) < 4.78 is 4.74. The average molecular weight is 286 g/mol. The Kier molecular flexibility index (Phi) is 5.69. The number of hydrogen-bond donors (Lipinski definition) is 0. The normalized spacial score (nSPS) is 10.2. The Labute approximate surface area is 124 Å². The zero-order valence-corrected chi connectivity index (χ0v) is 12.4. The van der Waals surface area contributed by atoms with E-state index in [1.54, 1.807) is 0 Å². The van der Waals surface area contributed by atoms with Crippen LogP contribution < -0.4 is 0 Å². The summed E-state index contributed by atoms with van der Waals surface area (Å²) in [5, 5.41) is 0. The molecule has 104 valence electrons. The molecule has 0 heterocycles. The first-order valence-electron chi connectivity index (χ1n) is 6.55. The lowest BCUT2D eigenvalue weighted by Crippen LogP contribution is -2.06. The van der Waals surface area contributed by atoms with Gasteiger partial charge in [0.15, 0.2) is 0 Å². The van der Waals surface area contributed by atoms with E-state index in [1.165, 1.54) is 18.2 Å². The maximum Gasteiger partial charge on any atom is 0.309 e. The molecule has 0 fully saturated rings. The fourth-order valence-corrected chi connectivity index (χ4v) is 2.98. The van der Waals surface area contributed by atoms with Crippen molar-refractivity contribution in [2.24, 2.45) is 0 Å². The quantitative estimate of drug-likeness (QED) is 0.755. The Morgan fingerprint density at radius 3 is 2.30 bits per heavy atom. The van der Waals surface area contributed by atoms with Gasteiger partial charge in [0.2, 0.25) is 0 Å². The third-order valence-corrected chi connectivity index (χ3v) is 4.10. The van der Waals surface area contributed by atoms with Gasteiger partial charge in [-0.05, 0) is 16.7 Å². The Hall–Kier alpha value is -1.74. The maximum absolute atomic E-state index is 11.4. The number of ether oxygens (including phenoxy) is 1. The topological polar surface area (TPSA) is 26.3 Å². The SMILES string of the molecule is COC(=O)Cc1ccccc1CSCc1ccccc1. The standard InChI is InChI=1S/C17H18O2S/c1-19-17(18)11-15-9-5-6-10-16(15)13-20-12-14-7-3-2-4-8-14/h2-10H,11-13H2,1H3. The van der Waals surface area contributed by atoms with Crippen molar-refractivity contribution < 1.29 is 9.53 Å². The molecular formula is C17H18O2S. The number of benzene rings is 2. The molecule has 2 nitrogen and oxygen atoms in total. The first-order chi connectivity index (χ1) is 9.79. The predicted molar refractivity (Wildman–Crippen MR) is 83.6 cm³/mol. The summed E-state index contributed by atoms with van der Waals surface area (Å²) in [7, 11) is 1.43. The van der Waals surface area contributed by atoms with Crippen molar-refractivity contribution in [3.05, 3.63) is 71.3 Å². The molecule has 0 aromatic heterocycles. The summed E-state index contributed by atoms with van der Waals surface area (Å²) in [5.41, 5.74) is 3.58. The highest BCUT2D eigenvalue weighted by Gasteiger charge is 2.07. The third-order valence-electron chi connectivity index (χ3n) is 3.05. The third kappa shape index (κ3) is 4.42. The Morgan fingerprint density at radius 2 is 1.60 bits per heavy atom. The van der Waals surface area contributed by atoms with E-state index >= 15 is 0 Å². The lowest BCUT2D eigenvalue weighted by molar-refractivity contribution is -0.139. The number of esters is 1. The Balaban J connectivity index is 1.94. The van der Waals surface area contributed by atoms with Crippen molar-refractivity contribution in [2.45, 2.75) is 17.9 Å². The molecule has 0 aliphatic rings.